The first-order valence-electron chi connectivity index (χ1n) is 9.82. The highest BCUT2D eigenvalue weighted by Gasteiger charge is 2.48. The number of amides is 2. The Hall–Kier alpha value is -1.83. The van der Waals surface area contributed by atoms with Crippen LogP contribution in [0, 0.1) is 0 Å². The third-order valence-corrected chi connectivity index (χ3v) is 6.75. The van der Waals surface area contributed by atoms with Crippen molar-refractivity contribution in [1.29, 1.82) is 0 Å². The van der Waals surface area contributed by atoms with Crippen molar-refractivity contribution in [3.05, 3.63) is 18.5 Å². The zero-order valence-corrected chi connectivity index (χ0v) is 16.3. The molecule has 3 fully saturated rings. The van der Waals surface area contributed by atoms with Crippen molar-refractivity contribution in [2.75, 3.05) is 25.4 Å². The summed E-state index contributed by atoms with van der Waals surface area (Å²) in [5, 5.41) is 0.623. The van der Waals surface area contributed by atoms with Crippen molar-refractivity contribution >= 4 is 23.8 Å². The third kappa shape index (κ3) is 4.20. The molecular formula is C19H26N4O3S. The molecule has 0 N–H and O–H groups in total. The lowest BCUT2D eigenvalue weighted by Crippen LogP contribution is -2.48. The molecule has 8 heteroatoms. The van der Waals surface area contributed by atoms with Crippen LogP contribution in [0.15, 0.2) is 23.6 Å². The Morgan fingerprint density at radius 3 is 2.59 bits per heavy atom. The number of nitrogens with zero attached hydrogens (tertiary/aromatic N) is 4. The Bertz CT molecular complexity index is 673. The van der Waals surface area contributed by atoms with Gasteiger partial charge in [0.2, 0.25) is 5.91 Å². The molecular weight excluding hydrogens is 364 g/mol. The molecule has 0 radical (unpaired) electrons. The van der Waals surface area contributed by atoms with E-state index in [1.807, 2.05) is 9.80 Å². The molecule has 0 unspecified atom stereocenters. The molecule has 0 aromatic carbocycles. The summed E-state index contributed by atoms with van der Waals surface area (Å²) in [6.45, 7) is 2.11. The molecule has 1 aromatic heterocycles. The van der Waals surface area contributed by atoms with E-state index in [0.29, 0.717) is 24.0 Å². The van der Waals surface area contributed by atoms with Crippen LogP contribution in [0.4, 0.5) is 4.79 Å². The monoisotopic (exact) mass is 390 g/mol. The molecule has 27 heavy (non-hydrogen) atoms. The molecule has 2 aliphatic heterocycles. The number of carbonyl (C=O) groups is 2. The van der Waals surface area contributed by atoms with Crippen LogP contribution in [-0.4, -0.2) is 68.8 Å². The van der Waals surface area contributed by atoms with Crippen molar-refractivity contribution in [3.8, 4) is 0 Å². The van der Waals surface area contributed by atoms with Crippen molar-refractivity contribution < 1.29 is 14.3 Å². The molecule has 1 aliphatic carbocycles. The van der Waals surface area contributed by atoms with Crippen LogP contribution in [0.5, 0.6) is 0 Å². The second kappa shape index (κ2) is 8.04. The van der Waals surface area contributed by atoms with Gasteiger partial charge in [0.25, 0.3) is 0 Å². The highest BCUT2D eigenvalue weighted by molar-refractivity contribution is 7.99. The highest BCUT2D eigenvalue weighted by Crippen LogP contribution is 2.38. The average molecular weight is 391 g/mol. The van der Waals surface area contributed by atoms with Crippen LogP contribution in [-0.2, 0) is 9.53 Å². The maximum absolute atomic E-state index is 12.5. The minimum atomic E-state index is -0.241. The summed E-state index contributed by atoms with van der Waals surface area (Å²) in [7, 11) is 0. The molecule has 0 bridgehead atoms. The molecule has 4 rings (SSSR count). The number of ether oxygens (including phenoxy) is 1. The third-order valence-electron chi connectivity index (χ3n) is 5.89. The van der Waals surface area contributed by atoms with E-state index in [2.05, 4.69) is 9.97 Å². The molecule has 1 aromatic rings. The van der Waals surface area contributed by atoms with Gasteiger partial charge < -0.3 is 14.5 Å². The summed E-state index contributed by atoms with van der Waals surface area (Å²) >= 11 is 1.37. The molecule has 0 atom stereocenters. The fraction of sp³-hybridized carbons (Fsp3) is 0.684. The van der Waals surface area contributed by atoms with Crippen LogP contribution in [0.1, 0.15) is 44.9 Å². The molecule has 3 aliphatic rings. The minimum Gasteiger partial charge on any atom is -0.441 e. The first-order chi connectivity index (χ1) is 13.2. The summed E-state index contributed by atoms with van der Waals surface area (Å²) in [5.74, 6) is 0.461. The molecule has 2 saturated heterocycles. The topological polar surface area (TPSA) is 75.6 Å². The van der Waals surface area contributed by atoms with Gasteiger partial charge in [-0.15, -0.1) is 0 Å². The maximum atomic E-state index is 12.5. The number of thioether (sulfide) groups is 1. The van der Waals surface area contributed by atoms with Crippen LogP contribution in [0.2, 0.25) is 0 Å². The smallest absolute Gasteiger partial charge is 0.410 e. The van der Waals surface area contributed by atoms with E-state index in [-0.39, 0.29) is 23.6 Å². The van der Waals surface area contributed by atoms with Gasteiger partial charge in [-0.05, 0) is 44.6 Å². The average Bonchev–Trinajstić information content (AvgIpc) is 3.03. The molecule has 1 saturated carbocycles. The molecule has 3 heterocycles. The van der Waals surface area contributed by atoms with Gasteiger partial charge in [-0.25, -0.2) is 14.8 Å². The first-order valence-corrected chi connectivity index (χ1v) is 10.8. The predicted molar refractivity (Wildman–Crippen MR) is 101 cm³/mol. The number of likely N-dealkylation sites (tertiary alicyclic amines) is 1. The van der Waals surface area contributed by atoms with Crippen LogP contribution < -0.4 is 0 Å². The van der Waals surface area contributed by atoms with E-state index in [4.69, 9.17) is 4.74 Å². The van der Waals surface area contributed by atoms with Crippen LogP contribution in [0.25, 0.3) is 0 Å². The summed E-state index contributed by atoms with van der Waals surface area (Å²) < 4.78 is 5.81. The van der Waals surface area contributed by atoms with E-state index in [1.54, 1.807) is 18.5 Å². The quantitative estimate of drug-likeness (QED) is 0.581. The van der Waals surface area contributed by atoms with E-state index >= 15 is 0 Å². The summed E-state index contributed by atoms with van der Waals surface area (Å²) in [4.78, 5) is 37.0. The number of hydrogen-bond donors (Lipinski definition) is 0. The zero-order chi connectivity index (χ0) is 18.7. The SMILES string of the molecule is O=C(CSc1ncccn1)N1CCC(N2CC3(CCCCC3)OC2=O)CC1. The van der Waals surface area contributed by atoms with Crippen molar-refractivity contribution in [2.45, 2.75) is 61.7 Å². The van der Waals surface area contributed by atoms with Gasteiger partial charge in [-0.2, -0.15) is 0 Å². The first kappa shape index (κ1) is 18.5. The zero-order valence-electron chi connectivity index (χ0n) is 15.5. The van der Waals surface area contributed by atoms with Gasteiger partial charge in [0.1, 0.15) is 5.60 Å². The number of rotatable bonds is 4. The Balaban J connectivity index is 1.26. The van der Waals surface area contributed by atoms with Crippen molar-refractivity contribution in [3.63, 3.8) is 0 Å². The maximum Gasteiger partial charge on any atom is 0.410 e. The summed E-state index contributed by atoms with van der Waals surface area (Å²) in [6, 6.07) is 1.95. The van der Waals surface area contributed by atoms with Gasteiger partial charge in [0.15, 0.2) is 5.16 Å². The Labute approximate surface area is 163 Å². The van der Waals surface area contributed by atoms with Gasteiger partial charge in [0, 0.05) is 31.5 Å². The number of piperidine rings is 1. The molecule has 1 spiro atoms. The van der Waals surface area contributed by atoms with E-state index < -0.39 is 0 Å². The standard InChI is InChI=1S/C19H26N4O3S/c24-16(13-27-17-20-9-4-10-21-17)22-11-5-15(6-12-22)23-14-19(26-18(23)25)7-2-1-3-8-19/h4,9-10,15H,1-3,5-8,11-14H2. The fourth-order valence-corrected chi connectivity index (χ4v) is 5.10. The van der Waals surface area contributed by atoms with Gasteiger partial charge >= 0.3 is 6.09 Å². The van der Waals surface area contributed by atoms with Crippen molar-refractivity contribution in [1.82, 2.24) is 19.8 Å². The van der Waals surface area contributed by atoms with Gasteiger partial charge in [-0.1, -0.05) is 18.2 Å². The van der Waals surface area contributed by atoms with E-state index in [1.165, 1.54) is 18.2 Å². The van der Waals surface area contributed by atoms with E-state index in [9.17, 15) is 9.59 Å². The lowest BCUT2D eigenvalue weighted by Gasteiger charge is -2.36. The number of carbonyl (C=O) groups excluding carboxylic acids is 2. The molecule has 2 amide bonds. The minimum absolute atomic E-state index is 0.110. The van der Waals surface area contributed by atoms with Gasteiger partial charge in [0.05, 0.1) is 12.3 Å². The van der Waals surface area contributed by atoms with E-state index in [0.717, 1.165) is 45.1 Å². The highest BCUT2D eigenvalue weighted by atomic mass is 32.2. The van der Waals surface area contributed by atoms with Crippen molar-refractivity contribution in [2.24, 2.45) is 0 Å². The second-order valence-electron chi connectivity index (χ2n) is 7.67. The second-order valence-corrected chi connectivity index (χ2v) is 8.61. The van der Waals surface area contributed by atoms with Crippen LogP contribution >= 0.6 is 11.8 Å². The Morgan fingerprint density at radius 2 is 1.89 bits per heavy atom. The Morgan fingerprint density at radius 1 is 1.19 bits per heavy atom. The fourth-order valence-electron chi connectivity index (χ4n) is 4.39. The number of aromatic nitrogens is 2. The molecule has 7 nitrogen and oxygen atoms in total. The predicted octanol–water partition coefficient (Wildman–Crippen LogP) is 2.71. The largest absolute Gasteiger partial charge is 0.441 e. The Kier molecular flexibility index (Phi) is 5.52. The number of hydrogen-bond acceptors (Lipinski definition) is 6. The lowest BCUT2D eigenvalue weighted by atomic mass is 9.84. The molecule has 146 valence electrons. The summed E-state index contributed by atoms with van der Waals surface area (Å²) in [5.41, 5.74) is -0.241. The normalized spacial score (nSPS) is 22.9. The van der Waals surface area contributed by atoms with Gasteiger partial charge in [-0.3, -0.25) is 4.79 Å². The van der Waals surface area contributed by atoms with Crippen LogP contribution in [0.3, 0.4) is 0 Å². The summed E-state index contributed by atoms with van der Waals surface area (Å²) in [6.07, 6.45) is 10.4. The lowest BCUT2D eigenvalue weighted by molar-refractivity contribution is -0.129.